The van der Waals surface area contributed by atoms with Crippen molar-refractivity contribution in [2.45, 2.75) is 200 Å². The Balaban J connectivity index is 1.84. The largest absolute Gasteiger partial charge is 0.335 e. The maximum Gasteiger partial charge on any atom is 0.108 e. The van der Waals surface area contributed by atoms with Gasteiger partial charge in [-0.1, -0.05) is 174 Å². The number of unbranched alkanes of at least 4 members (excludes halogenated alkanes) is 25. The first-order valence-electron chi connectivity index (χ1n) is 16.9. The van der Waals surface area contributed by atoms with Gasteiger partial charge in [0.1, 0.15) is 5.82 Å². The normalized spacial score (nSPS) is 11.5. The quantitative estimate of drug-likeness (QED) is 0.0996. The molecule has 0 saturated carbocycles. The predicted octanol–water partition coefficient (Wildman–Crippen LogP) is 12.0. The molecule has 0 amide bonds. The summed E-state index contributed by atoms with van der Waals surface area (Å²) in [7, 11) is 0. The molecule has 1 aromatic heterocycles. The van der Waals surface area contributed by atoms with Gasteiger partial charge in [-0.15, -0.1) is 0 Å². The highest BCUT2D eigenvalue weighted by Gasteiger charge is 2.03. The number of rotatable bonds is 29. The van der Waals surface area contributed by atoms with Crippen LogP contribution in [0.25, 0.3) is 0 Å². The van der Waals surface area contributed by atoms with E-state index in [-0.39, 0.29) is 0 Å². The van der Waals surface area contributed by atoms with E-state index in [1.54, 1.807) is 0 Å². The van der Waals surface area contributed by atoms with Crippen molar-refractivity contribution >= 4 is 0 Å². The van der Waals surface area contributed by atoms with Crippen LogP contribution in [0.15, 0.2) is 12.4 Å². The highest BCUT2D eigenvalue weighted by Crippen LogP contribution is 2.15. The molecule has 0 unspecified atom stereocenters. The molecule has 1 heterocycles. The van der Waals surface area contributed by atoms with Crippen LogP contribution in [0.1, 0.15) is 193 Å². The van der Waals surface area contributed by atoms with E-state index in [4.69, 9.17) is 0 Å². The number of aryl methyl sites for hydroxylation is 2. The number of aromatic nitrogens is 2. The van der Waals surface area contributed by atoms with Crippen molar-refractivity contribution < 1.29 is 0 Å². The molecule has 0 bridgehead atoms. The molecule has 212 valence electrons. The third kappa shape index (κ3) is 21.3. The molecular weight excluding hydrogens is 436 g/mol. The van der Waals surface area contributed by atoms with Crippen LogP contribution in [0.4, 0.5) is 0 Å². The minimum absolute atomic E-state index is 1.17. The molecule has 0 aromatic carbocycles. The van der Waals surface area contributed by atoms with Crippen molar-refractivity contribution in [3.63, 3.8) is 0 Å². The first kappa shape index (κ1) is 33.2. The third-order valence-corrected chi connectivity index (χ3v) is 8.06. The molecule has 0 aliphatic heterocycles. The number of imidazole rings is 1. The first-order valence-corrected chi connectivity index (χ1v) is 16.9. The molecule has 0 aliphatic carbocycles. The molecule has 1 rings (SSSR count). The van der Waals surface area contributed by atoms with Crippen molar-refractivity contribution in [1.82, 2.24) is 9.55 Å². The molecule has 2 heteroatoms. The zero-order valence-corrected chi connectivity index (χ0v) is 25.1. The van der Waals surface area contributed by atoms with Gasteiger partial charge < -0.3 is 4.57 Å². The molecule has 0 atom stereocenters. The molecule has 1 aromatic rings. The Morgan fingerprint density at radius 2 is 0.778 bits per heavy atom. The van der Waals surface area contributed by atoms with Gasteiger partial charge in [-0.2, -0.15) is 0 Å². The second-order valence-corrected chi connectivity index (χ2v) is 11.6. The van der Waals surface area contributed by atoms with Crippen molar-refractivity contribution in [1.29, 1.82) is 0 Å². The van der Waals surface area contributed by atoms with Gasteiger partial charge in [0.15, 0.2) is 0 Å². The average Bonchev–Trinajstić information content (AvgIpc) is 3.34. The lowest BCUT2D eigenvalue weighted by Crippen LogP contribution is -2.03. The minimum atomic E-state index is 1.17. The zero-order valence-electron chi connectivity index (χ0n) is 25.1. The Morgan fingerprint density at radius 1 is 0.444 bits per heavy atom. The fourth-order valence-corrected chi connectivity index (χ4v) is 5.55. The lowest BCUT2D eigenvalue weighted by atomic mass is 10.0. The van der Waals surface area contributed by atoms with E-state index in [2.05, 4.69) is 29.6 Å². The van der Waals surface area contributed by atoms with E-state index in [0.29, 0.717) is 0 Å². The van der Waals surface area contributed by atoms with Gasteiger partial charge in [-0.05, 0) is 12.8 Å². The number of hydrogen-bond donors (Lipinski definition) is 0. The van der Waals surface area contributed by atoms with E-state index in [0.717, 1.165) is 0 Å². The van der Waals surface area contributed by atoms with E-state index in [1.165, 1.54) is 192 Å². The van der Waals surface area contributed by atoms with Crippen LogP contribution in [-0.2, 0) is 13.0 Å². The molecule has 36 heavy (non-hydrogen) atoms. The molecule has 0 saturated heterocycles. The molecule has 0 aliphatic rings. The lowest BCUT2D eigenvalue weighted by molar-refractivity contribution is 0.517. The summed E-state index contributed by atoms with van der Waals surface area (Å²) >= 11 is 0. The van der Waals surface area contributed by atoms with Crippen molar-refractivity contribution in [3.05, 3.63) is 18.2 Å². The Bertz CT molecular complexity index is 535. The second kappa shape index (κ2) is 27.3. The van der Waals surface area contributed by atoms with Crippen LogP contribution >= 0.6 is 0 Å². The molecule has 0 fully saturated rings. The number of hydrogen-bond acceptors (Lipinski definition) is 1. The van der Waals surface area contributed by atoms with Gasteiger partial charge in [0.2, 0.25) is 0 Å². The van der Waals surface area contributed by atoms with Gasteiger partial charge in [0, 0.05) is 25.4 Å². The lowest BCUT2D eigenvalue weighted by Gasteiger charge is -2.08. The Morgan fingerprint density at radius 3 is 1.17 bits per heavy atom. The molecule has 0 radical (unpaired) electrons. The average molecular weight is 503 g/mol. The van der Waals surface area contributed by atoms with E-state index in [1.807, 2.05) is 6.20 Å². The Kier molecular flexibility index (Phi) is 25.2. The predicted molar refractivity (Wildman–Crippen MR) is 162 cm³/mol. The smallest absolute Gasteiger partial charge is 0.108 e. The standard InChI is InChI=1S/C34H66N2/c1-3-5-7-9-11-13-15-16-17-18-19-20-21-22-24-26-28-30-34-35-31-33-36(34)32-29-27-25-23-14-12-10-8-6-4-2/h31,33H,3-30,32H2,1-2H3. The van der Waals surface area contributed by atoms with Crippen molar-refractivity contribution in [2.24, 2.45) is 0 Å². The summed E-state index contributed by atoms with van der Waals surface area (Å²) in [6.07, 6.45) is 44.0. The van der Waals surface area contributed by atoms with Crippen LogP contribution in [0.5, 0.6) is 0 Å². The summed E-state index contributed by atoms with van der Waals surface area (Å²) in [6, 6.07) is 0. The summed E-state index contributed by atoms with van der Waals surface area (Å²) in [6.45, 7) is 5.77. The van der Waals surface area contributed by atoms with Crippen LogP contribution in [0.2, 0.25) is 0 Å². The summed E-state index contributed by atoms with van der Waals surface area (Å²) in [4.78, 5) is 4.65. The summed E-state index contributed by atoms with van der Waals surface area (Å²) in [5.41, 5.74) is 0. The van der Waals surface area contributed by atoms with E-state index >= 15 is 0 Å². The maximum absolute atomic E-state index is 4.65. The zero-order chi connectivity index (χ0) is 25.8. The molecule has 0 spiro atoms. The van der Waals surface area contributed by atoms with Gasteiger partial charge in [-0.3, -0.25) is 0 Å². The summed E-state index contributed by atoms with van der Waals surface area (Å²) in [5, 5.41) is 0. The molecular formula is C34H66N2. The highest BCUT2D eigenvalue weighted by molar-refractivity contribution is 4.92. The van der Waals surface area contributed by atoms with Gasteiger partial charge in [0.05, 0.1) is 0 Å². The Hall–Kier alpha value is -0.790. The SMILES string of the molecule is CCCCCCCCCCCCCCCCCCCc1nccn1CCCCCCCCCCCC. The number of nitrogens with zero attached hydrogens (tertiary/aromatic N) is 2. The van der Waals surface area contributed by atoms with Crippen molar-refractivity contribution in [2.75, 3.05) is 0 Å². The van der Waals surface area contributed by atoms with Crippen LogP contribution in [-0.4, -0.2) is 9.55 Å². The minimum Gasteiger partial charge on any atom is -0.335 e. The first-order chi connectivity index (χ1) is 17.9. The topological polar surface area (TPSA) is 17.8 Å². The van der Waals surface area contributed by atoms with Gasteiger partial charge in [0.25, 0.3) is 0 Å². The Labute approximate surface area is 227 Å². The third-order valence-electron chi connectivity index (χ3n) is 8.06. The van der Waals surface area contributed by atoms with Crippen LogP contribution in [0, 0.1) is 0 Å². The van der Waals surface area contributed by atoms with Gasteiger partial charge >= 0.3 is 0 Å². The van der Waals surface area contributed by atoms with Crippen LogP contribution in [0.3, 0.4) is 0 Å². The van der Waals surface area contributed by atoms with Crippen LogP contribution < -0.4 is 0 Å². The maximum atomic E-state index is 4.65. The van der Waals surface area contributed by atoms with E-state index in [9.17, 15) is 0 Å². The van der Waals surface area contributed by atoms with E-state index < -0.39 is 0 Å². The molecule has 2 nitrogen and oxygen atoms in total. The molecule has 0 N–H and O–H groups in total. The monoisotopic (exact) mass is 503 g/mol. The van der Waals surface area contributed by atoms with Crippen molar-refractivity contribution in [3.8, 4) is 0 Å². The van der Waals surface area contributed by atoms with Gasteiger partial charge in [-0.25, -0.2) is 4.98 Å². The fraction of sp³-hybridized carbons (Fsp3) is 0.912. The summed E-state index contributed by atoms with van der Waals surface area (Å²) in [5.74, 6) is 1.33. The highest BCUT2D eigenvalue weighted by atomic mass is 15.1. The summed E-state index contributed by atoms with van der Waals surface area (Å²) < 4.78 is 2.43. The fourth-order valence-electron chi connectivity index (χ4n) is 5.55. The second-order valence-electron chi connectivity index (χ2n) is 11.6.